The van der Waals surface area contributed by atoms with Crippen molar-refractivity contribution in [1.29, 1.82) is 0 Å². The van der Waals surface area contributed by atoms with Crippen molar-refractivity contribution >= 4 is 38.9 Å². The third-order valence-corrected chi connectivity index (χ3v) is 5.04. The highest BCUT2D eigenvalue weighted by Gasteiger charge is 2.24. The number of hydrogen-bond donors (Lipinski definition) is 3. The van der Waals surface area contributed by atoms with Crippen LogP contribution in [0.3, 0.4) is 0 Å². The summed E-state index contributed by atoms with van der Waals surface area (Å²) in [5.41, 5.74) is 1.18. The molecule has 136 valence electrons. The molecule has 9 heteroatoms. The van der Waals surface area contributed by atoms with Gasteiger partial charge in [0.1, 0.15) is 5.75 Å². The Balaban J connectivity index is 1.80. The first-order valence-corrected chi connectivity index (χ1v) is 9.25. The summed E-state index contributed by atoms with van der Waals surface area (Å²) < 4.78 is 32.9. The normalized spacial score (nSPS) is 16.1. The Hall–Kier alpha value is -3.07. The average molecular weight is 375 g/mol. The van der Waals surface area contributed by atoms with Gasteiger partial charge in [0.25, 0.3) is 15.9 Å². The molecule has 2 aromatic rings. The van der Waals surface area contributed by atoms with Crippen LogP contribution in [0.15, 0.2) is 47.4 Å². The molecule has 1 aliphatic heterocycles. The predicted molar refractivity (Wildman–Crippen MR) is 96.7 cm³/mol. The van der Waals surface area contributed by atoms with Crippen LogP contribution in [0.25, 0.3) is 0 Å². The van der Waals surface area contributed by atoms with Crippen LogP contribution in [0, 0.1) is 0 Å². The lowest BCUT2D eigenvalue weighted by Gasteiger charge is -2.23. The van der Waals surface area contributed by atoms with Gasteiger partial charge in [-0.3, -0.25) is 14.3 Å². The molecular weight excluding hydrogens is 358 g/mol. The number of hydrogen-bond acceptors (Lipinski definition) is 5. The molecule has 0 fully saturated rings. The van der Waals surface area contributed by atoms with E-state index in [2.05, 4.69) is 15.4 Å². The summed E-state index contributed by atoms with van der Waals surface area (Å²) >= 11 is 0. The van der Waals surface area contributed by atoms with Gasteiger partial charge in [-0.2, -0.15) is 0 Å². The fourth-order valence-electron chi connectivity index (χ4n) is 2.41. The molecule has 2 amide bonds. The molecule has 3 N–H and O–H groups in total. The van der Waals surface area contributed by atoms with E-state index in [9.17, 15) is 18.0 Å². The molecule has 0 unspecified atom stereocenters. The second-order valence-electron chi connectivity index (χ2n) is 5.77. The predicted octanol–water partition coefficient (Wildman–Crippen LogP) is 2.17. The number of benzene rings is 2. The van der Waals surface area contributed by atoms with E-state index in [-0.39, 0.29) is 22.4 Å². The summed E-state index contributed by atoms with van der Waals surface area (Å²) in [6.07, 6.45) is -0.604. The standard InChI is InChI=1S/C17H17N3O5S/c1-10-17(22)19-15-9-13(5-8-16(15)25-10)20-26(23,24)14-6-3-12(4-7-14)18-11(2)21/h3-10,20H,1-2H3,(H,18,21)(H,19,22)/t10-/m0/s1. The molecule has 8 nitrogen and oxygen atoms in total. The molecule has 0 saturated carbocycles. The molecule has 1 atom stereocenters. The van der Waals surface area contributed by atoms with Crippen molar-refractivity contribution in [2.45, 2.75) is 24.8 Å². The number of nitrogens with one attached hydrogen (secondary N) is 3. The summed E-state index contributed by atoms with van der Waals surface area (Å²) in [5, 5.41) is 5.23. The molecule has 0 radical (unpaired) electrons. The van der Waals surface area contributed by atoms with Crippen LogP contribution in [0.2, 0.25) is 0 Å². The first-order valence-electron chi connectivity index (χ1n) is 7.77. The van der Waals surface area contributed by atoms with Gasteiger partial charge in [0.2, 0.25) is 5.91 Å². The lowest BCUT2D eigenvalue weighted by atomic mass is 10.2. The molecule has 0 spiro atoms. The molecule has 3 rings (SSSR count). The Morgan fingerprint density at radius 3 is 2.42 bits per heavy atom. The monoisotopic (exact) mass is 375 g/mol. The SMILES string of the molecule is CC(=O)Nc1ccc(S(=O)(=O)Nc2ccc3c(c2)NC(=O)[C@H](C)O3)cc1. The van der Waals surface area contributed by atoms with Gasteiger partial charge in [0.15, 0.2) is 6.10 Å². The van der Waals surface area contributed by atoms with E-state index in [0.717, 1.165) is 0 Å². The number of sulfonamides is 1. The van der Waals surface area contributed by atoms with Crippen LogP contribution >= 0.6 is 0 Å². The van der Waals surface area contributed by atoms with E-state index in [1.165, 1.54) is 37.3 Å². The minimum atomic E-state index is -3.83. The van der Waals surface area contributed by atoms with Gasteiger partial charge in [0, 0.05) is 12.6 Å². The van der Waals surface area contributed by atoms with Crippen LogP contribution in [-0.4, -0.2) is 26.3 Å². The number of rotatable bonds is 4. The van der Waals surface area contributed by atoms with E-state index >= 15 is 0 Å². The fraction of sp³-hybridized carbons (Fsp3) is 0.176. The Bertz CT molecular complexity index is 970. The summed E-state index contributed by atoms with van der Waals surface area (Å²) in [6, 6.07) is 10.4. The number of fused-ring (bicyclic) bond motifs is 1. The lowest BCUT2D eigenvalue weighted by Crippen LogP contribution is -2.34. The number of anilines is 3. The second kappa shape index (κ2) is 6.68. The van der Waals surface area contributed by atoms with Gasteiger partial charge in [-0.25, -0.2) is 8.42 Å². The Morgan fingerprint density at radius 2 is 1.77 bits per heavy atom. The molecular formula is C17H17N3O5S. The molecule has 0 aromatic heterocycles. The van der Waals surface area contributed by atoms with Crippen molar-refractivity contribution in [2.75, 3.05) is 15.4 Å². The molecule has 0 saturated heterocycles. The average Bonchev–Trinajstić information content (AvgIpc) is 2.56. The zero-order valence-corrected chi connectivity index (χ0v) is 14.9. The second-order valence-corrected chi connectivity index (χ2v) is 7.45. The Morgan fingerprint density at radius 1 is 1.12 bits per heavy atom. The molecule has 1 heterocycles. The zero-order chi connectivity index (χ0) is 18.9. The fourth-order valence-corrected chi connectivity index (χ4v) is 3.46. The third-order valence-electron chi connectivity index (χ3n) is 3.65. The highest BCUT2D eigenvalue weighted by molar-refractivity contribution is 7.92. The number of carbonyl (C=O) groups is 2. The van der Waals surface area contributed by atoms with Crippen molar-refractivity contribution in [3.8, 4) is 5.75 Å². The van der Waals surface area contributed by atoms with Crippen LogP contribution < -0.4 is 20.1 Å². The number of amides is 2. The molecule has 0 aliphatic carbocycles. The van der Waals surface area contributed by atoms with E-state index < -0.39 is 16.1 Å². The van der Waals surface area contributed by atoms with Crippen LogP contribution in [0.1, 0.15) is 13.8 Å². The topological polar surface area (TPSA) is 114 Å². The summed E-state index contributed by atoms with van der Waals surface area (Å²) in [7, 11) is -3.83. The van der Waals surface area contributed by atoms with Crippen molar-refractivity contribution in [2.24, 2.45) is 0 Å². The first kappa shape index (κ1) is 17.7. The maximum atomic E-state index is 12.5. The summed E-state index contributed by atoms with van der Waals surface area (Å²) in [5.74, 6) is -0.0721. The van der Waals surface area contributed by atoms with Gasteiger partial charge >= 0.3 is 0 Å². The summed E-state index contributed by atoms with van der Waals surface area (Å²) in [4.78, 5) is 22.7. The minimum Gasteiger partial charge on any atom is -0.479 e. The van der Waals surface area contributed by atoms with Gasteiger partial charge in [0.05, 0.1) is 16.3 Å². The minimum absolute atomic E-state index is 0.0400. The van der Waals surface area contributed by atoms with Crippen molar-refractivity contribution < 1.29 is 22.7 Å². The van der Waals surface area contributed by atoms with Gasteiger partial charge in [-0.05, 0) is 49.4 Å². The molecule has 0 bridgehead atoms. The van der Waals surface area contributed by atoms with Crippen LogP contribution in [0.5, 0.6) is 5.75 Å². The largest absolute Gasteiger partial charge is 0.479 e. The van der Waals surface area contributed by atoms with E-state index in [1.54, 1.807) is 19.1 Å². The first-order chi connectivity index (χ1) is 12.2. The highest BCUT2D eigenvalue weighted by Crippen LogP contribution is 2.32. The van der Waals surface area contributed by atoms with Crippen molar-refractivity contribution in [3.05, 3.63) is 42.5 Å². The van der Waals surface area contributed by atoms with E-state index in [1.807, 2.05) is 0 Å². The number of carbonyl (C=O) groups excluding carboxylic acids is 2. The van der Waals surface area contributed by atoms with Gasteiger partial charge < -0.3 is 15.4 Å². The summed E-state index contributed by atoms with van der Waals surface area (Å²) in [6.45, 7) is 2.99. The quantitative estimate of drug-likeness (QED) is 0.758. The molecule has 2 aromatic carbocycles. The molecule has 26 heavy (non-hydrogen) atoms. The van der Waals surface area contributed by atoms with Gasteiger partial charge in [-0.1, -0.05) is 0 Å². The molecule has 1 aliphatic rings. The van der Waals surface area contributed by atoms with Crippen LogP contribution in [0.4, 0.5) is 17.1 Å². The van der Waals surface area contributed by atoms with E-state index in [4.69, 9.17) is 4.74 Å². The zero-order valence-electron chi connectivity index (χ0n) is 14.1. The highest BCUT2D eigenvalue weighted by atomic mass is 32.2. The Labute approximate surface area is 150 Å². The van der Waals surface area contributed by atoms with Crippen LogP contribution in [-0.2, 0) is 19.6 Å². The lowest BCUT2D eigenvalue weighted by molar-refractivity contribution is -0.122. The van der Waals surface area contributed by atoms with Gasteiger partial charge in [-0.15, -0.1) is 0 Å². The number of ether oxygens (including phenoxy) is 1. The van der Waals surface area contributed by atoms with Crippen molar-refractivity contribution in [1.82, 2.24) is 0 Å². The maximum absolute atomic E-state index is 12.5. The smallest absolute Gasteiger partial charge is 0.265 e. The van der Waals surface area contributed by atoms with E-state index in [0.29, 0.717) is 17.1 Å². The maximum Gasteiger partial charge on any atom is 0.265 e. The third kappa shape index (κ3) is 3.77. The van der Waals surface area contributed by atoms with Crippen molar-refractivity contribution in [3.63, 3.8) is 0 Å². The Kier molecular flexibility index (Phi) is 4.56.